The van der Waals surface area contributed by atoms with Gasteiger partial charge in [0.1, 0.15) is 5.82 Å². The third-order valence-corrected chi connectivity index (χ3v) is 3.44. The first-order valence-corrected chi connectivity index (χ1v) is 6.21. The van der Waals surface area contributed by atoms with Crippen LogP contribution in [0.2, 0.25) is 5.02 Å². The first-order chi connectivity index (χ1) is 8.56. The summed E-state index contributed by atoms with van der Waals surface area (Å²) in [4.78, 5) is 15.8. The van der Waals surface area contributed by atoms with E-state index in [1.807, 2.05) is 0 Å². The van der Waals surface area contributed by atoms with Gasteiger partial charge < -0.3 is 11.1 Å². The minimum Gasteiger partial charge on any atom is -0.384 e. The minimum atomic E-state index is -0.237. The fraction of sp³-hybridized carbons (Fsp3) is 0. The molecule has 0 saturated carbocycles. The molecule has 0 radical (unpaired) electrons. The van der Waals surface area contributed by atoms with Crippen LogP contribution in [0, 0.1) is 0 Å². The molecule has 1 heterocycles. The molecule has 6 heteroatoms. The molecule has 0 aliphatic heterocycles. The number of pyridine rings is 1. The second-order valence-corrected chi connectivity index (χ2v) is 4.82. The largest absolute Gasteiger partial charge is 0.384 e. The first kappa shape index (κ1) is 12.9. The number of amides is 1. The van der Waals surface area contributed by atoms with Crippen LogP contribution in [0.1, 0.15) is 10.4 Å². The zero-order valence-corrected chi connectivity index (χ0v) is 11.5. The van der Waals surface area contributed by atoms with Gasteiger partial charge >= 0.3 is 0 Å². The van der Waals surface area contributed by atoms with Gasteiger partial charge in [0.05, 0.1) is 16.9 Å². The van der Waals surface area contributed by atoms with E-state index in [4.69, 9.17) is 17.3 Å². The molecule has 0 bridgehead atoms. The molecule has 0 atom stereocenters. The Kier molecular flexibility index (Phi) is 3.84. The normalized spacial score (nSPS) is 10.1. The topological polar surface area (TPSA) is 68.0 Å². The van der Waals surface area contributed by atoms with Gasteiger partial charge in [0.2, 0.25) is 0 Å². The Balaban J connectivity index is 2.16. The van der Waals surface area contributed by atoms with Gasteiger partial charge in [-0.15, -0.1) is 0 Å². The highest BCUT2D eigenvalue weighted by molar-refractivity contribution is 9.10. The van der Waals surface area contributed by atoms with Crippen LogP contribution in [0.25, 0.3) is 0 Å². The minimum absolute atomic E-state index is 0.237. The average molecular weight is 327 g/mol. The van der Waals surface area contributed by atoms with Gasteiger partial charge in [-0.05, 0) is 46.3 Å². The SMILES string of the molecule is Nc1ccc(NC(=O)c2ccc(Cl)c(Br)c2)cn1. The van der Waals surface area contributed by atoms with E-state index < -0.39 is 0 Å². The van der Waals surface area contributed by atoms with Crippen molar-refractivity contribution in [1.29, 1.82) is 0 Å². The van der Waals surface area contributed by atoms with Crippen molar-refractivity contribution in [3.8, 4) is 0 Å². The fourth-order valence-corrected chi connectivity index (χ4v) is 1.82. The molecule has 0 spiro atoms. The highest BCUT2D eigenvalue weighted by Gasteiger charge is 2.08. The number of aromatic nitrogens is 1. The number of hydrogen-bond donors (Lipinski definition) is 2. The maximum absolute atomic E-state index is 11.9. The quantitative estimate of drug-likeness (QED) is 0.889. The Labute approximate surface area is 117 Å². The van der Waals surface area contributed by atoms with Crippen LogP contribution in [0.3, 0.4) is 0 Å². The first-order valence-electron chi connectivity index (χ1n) is 5.04. The predicted molar refractivity (Wildman–Crippen MR) is 75.8 cm³/mol. The molecular formula is C12H9BrClN3O. The molecule has 4 nitrogen and oxygen atoms in total. The van der Waals surface area contributed by atoms with Crippen LogP contribution in [0.15, 0.2) is 41.0 Å². The summed E-state index contributed by atoms with van der Waals surface area (Å²) in [5.74, 6) is 0.168. The van der Waals surface area contributed by atoms with Gasteiger partial charge in [-0.25, -0.2) is 4.98 Å². The highest BCUT2D eigenvalue weighted by Crippen LogP contribution is 2.23. The number of nitrogens with two attached hydrogens (primary N) is 1. The van der Waals surface area contributed by atoms with Gasteiger partial charge in [-0.3, -0.25) is 4.79 Å². The van der Waals surface area contributed by atoms with Crippen LogP contribution < -0.4 is 11.1 Å². The van der Waals surface area contributed by atoms with Crippen molar-refractivity contribution < 1.29 is 4.79 Å². The van der Waals surface area contributed by atoms with Gasteiger partial charge in [-0.1, -0.05) is 11.6 Å². The second kappa shape index (κ2) is 5.37. The average Bonchev–Trinajstić information content (AvgIpc) is 2.35. The zero-order chi connectivity index (χ0) is 13.1. The van der Waals surface area contributed by atoms with Crippen LogP contribution in [0.4, 0.5) is 11.5 Å². The van der Waals surface area contributed by atoms with E-state index in [0.29, 0.717) is 26.6 Å². The van der Waals surface area contributed by atoms with Crippen molar-refractivity contribution in [3.63, 3.8) is 0 Å². The maximum atomic E-state index is 11.9. The number of rotatable bonds is 2. The van der Waals surface area contributed by atoms with E-state index in [1.54, 1.807) is 30.3 Å². The molecule has 1 amide bonds. The summed E-state index contributed by atoms with van der Waals surface area (Å²) < 4.78 is 0.673. The van der Waals surface area contributed by atoms with Crippen molar-refractivity contribution in [2.24, 2.45) is 0 Å². The molecule has 0 saturated heterocycles. The number of carbonyl (C=O) groups is 1. The zero-order valence-electron chi connectivity index (χ0n) is 9.15. The monoisotopic (exact) mass is 325 g/mol. The molecule has 2 aromatic rings. The molecule has 2 rings (SSSR count). The van der Waals surface area contributed by atoms with E-state index in [9.17, 15) is 4.79 Å². The smallest absolute Gasteiger partial charge is 0.255 e. The highest BCUT2D eigenvalue weighted by atomic mass is 79.9. The standard InChI is InChI=1S/C12H9BrClN3O/c13-9-5-7(1-3-10(9)14)12(18)17-8-2-4-11(15)16-6-8/h1-6H,(H2,15,16)(H,17,18). The number of benzene rings is 1. The summed E-state index contributed by atoms with van der Waals surface area (Å²) in [6, 6.07) is 8.26. The Bertz CT molecular complexity index is 586. The van der Waals surface area contributed by atoms with Crippen LogP contribution >= 0.6 is 27.5 Å². The lowest BCUT2D eigenvalue weighted by Crippen LogP contribution is -2.12. The molecule has 0 fully saturated rings. The number of nitrogen functional groups attached to an aromatic ring is 1. The lowest BCUT2D eigenvalue weighted by atomic mass is 10.2. The third-order valence-electron chi connectivity index (χ3n) is 2.23. The molecular weight excluding hydrogens is 318 g/mol. The van der Waals surface area contributed by atoms with Crippen molar-refractivity contribution in [1.82, 2.24) is 4.98 Å². The number of carbonyl (C=O) groups excluding carboxylic acids is 1. The Hall–Kier alpha value is -1.59. The van der Waals surface area contributed by atoms with Crippen molar-refractivity contribution in [2.45, 2.75) is 0 Å². The maximum Gasteiger partial charge on any atom is 0.255 e. The van der Waals surface area contributed by atoms with E-state index in [1.165, 1.54) is 6.20 Å². The lowest BCUT2D eigenvalue weighted by Gasteiger charge is -2.06. The molecule has 0 aliphatic rings. The van der Waals surface area contributed by atoms with Crippen molar-refractivity contribution in [3.05, 3.63) is 51.6 Å². The summed E-state index contributed by atoms with van der Waals surface area (Å²) in [7, 11) is 0. The molecule has 1 aromatic carbocycles. The number of hydrogen-bond acceptors (Lipinski definition) is 3. The van der Waals surface area contributed by atoms with E-state index in [2.05, 4.69) is 26.2 Å². The Morgan fingerprint density at radius 1 is 1.33 bits per heavy atom. The van der Waals surface area contributed by atoms with E-state index >= 15 is 0 Å². The number of halogens is 2. The molecule has 0 unspecified atom stereocenters. The Morgan fingerprint density at radius 3 is 2.72 bits per heavy atom. The summed E-state index contributed by atoms with van der Waals surface area (Å²) >= 11 is 9.13. The Morgan fingerprint density at radius 2 is 2.11 bits per heavy atom. The number of nitrogens with one attached hydrogen (secondary N) is 1. The summed E-state index contributed by atoms with van der Waals surface area (Å²) in [6.45, 7) is 0. The molecule has 92 valence electrons. The predicted octanol–water partition coefficient (Wildman–Crippen LogP) is 3.33. The molecule has 1 aromatic heterocycles. The fourth-order valence-electron chi connectivity index (χ4n) is 1.32. The van der Waals surface area contributed by atoms with Crippen LogP contribution in [-0.4, -0.2) is 10.9 Å². The molecule has 18 heavy (non-hydrogen) atoms. The van der Waals surface area contributed by atoms with Crippen molar-refractivity contribution >= 4 is 44.9 Å². The molecule has 3 N–H and O–H groups in total. The molecule has 0 aliphatic carbocycles. The number of nitrogens with zero attached hydrogens (tertiary/aromatic N) is 1. The number of anilines is 2. The van der Waals surface area contributed by atoms with Gasteiger partial charge in [0, 0.05) is 10.0 Å². The van der Waals surface area contributed by atoms with Crippen molar-refractivity contribution in [2.75, 3.05) is 11.1 Å². The lowest BCUT2D eigenvalue weighted by molar-refractivity contribution is 0.102. The van der Waals surface area contributed by atoms with Gasteiger partial charge in [0.15, 0.2) is 0 Å². The third kappa shape index (κ3) is 3.00. The van der Waals surface area contributed by atoms with Crippen LogP contribution in [-0.2, 0) is 0 Å². The van der Waals surface area contributed by atoms with E-state index in [-0.39, 0.29) is 5.91 Å². The van der Waals surface area contributed by atoms with E-state index in [0.717, 1.165) is 0 Å². The summed E-state index contributed by atoms with van der Waals surface area (Å²) in [6.07, 6.45) is 1.50. The van der Waals surface area contributed by atoms with Crippen LogP contribution in [0.5, 0.6) is 0 Å². The summed E-state index contributed by atoms with van der Waals surface area (Å²) in [5.41, 5.74) is 6.55. The second-order valence-electron chi connectivity index (χ2n) is 3.55. The van der Waals surface area contributed by atoms with Gasteiger partial charge in [0.25, 0.3) is 5.91 Å². The van der Waals surface area contributed by atoms with Gasteiger partial charge in [-0.2, -0.15) is 0 Å². The summed E-state index contributed by atoms with van der Waals surface area (Å²) in [5, 5.41) is 3.27.